The number of nitro benzene ring substituents is 1. The number of rotatable bonds is 5. The number of aromatic nitrogens is 2. The van der Waals surface area contributed by atoms with Crippen LogP contribution in [0.5, 0.6) is 11.5 Å². The maximum absolute atomic E-state index is 12.4. The molecule has 3 aromatic rings. The van der Waals surface area contributed by atoms with E-state index in [-0.39, 0.29) is 42.8 Å². The number of nitro groups is 1. The van der Waals surface area contributed by atoms with E-state index in [4.69, 9.17) is 18.7 Å². The number of fused-ring (bicyclic) bond motifs is 1. The monoisotopic (exact) mass is 383 g/mol. The van der Waals surface area contributed by atoms with Crippen LogP contribution in [0.4, 0.5) is 5.69 Å². The van der Waals surface area contributed by atoms with E-state index in [1.165, 1.54) is 6.07 Å². The normalized spacial score (nSPS) is 12.4. The minimum atomic E-state index is -0.914. The lowest BCUT2D eigenvalue weighted by Crippen LogP contribution is -2.17. The van der Waals surface area contributed by atoms with Gasteiger partial charge in [0, 0.05) is 11.6 Å². The standard InChI is InChI=1S/C18H13N3O7/c22-18(12-8-14-15(26-7-6-25-14)9-13(12)21(23)24)27-10-16-19-17(20-28-16)11-4-2-1-3-5-11/h1-5,8-9H,6-7,10H2. The Balaban J connectivity index is 1.51. The molecule has 1 aliphatic heterocycles. The Morgan fingerprint density at radius 1 is 1.14 bits per heavy atom. The van der Waals surface area contributed by atoms with Crippen molar-refractivity contribution in [1.82, 2.24) is 10.1 Å². The van der Waals surface area contributed by atoms with Gasteiger partial charge >= 0.3 is 5.97 Å². The number of hydrogen-bond acceptors (Lipinski definition) is 9. The molecule has 0 fully saturated rings. The third-order valence-electron chi connectivity index (χ3n) is 3.90. The molecule has 10 heteroatoms. The molecule has 0 atom stereocenters. The highest BCUT2D eigenvalue weighted by molar-refractivity contribution is 5.95. The third-order valence-corrected chi connectivity index (χ3v) is 3.90. The van der Waals surface area contributed by atoms with Gasteiger partial charge < -0.3 is 18.7 Å². The van der Waals surface area contributed by atoms with E-state index in [0.717, 1.165) is 11.6 Å². The average molecular weight is 383 g/mol. The summed E-state index contributed by atoms with van der Waals surface area (Å²) in [7, 11) is 0. The summed E-state index contributed by atoms with van der Waals surface area (Å²) in [6, 6.07) is 11.5. The second-order valence-corrected chi connectivity index (χ2v) is 5.72. The number of carbonyl (C=O) groups excluding carboxylic acids is 1. The van der Waals surface area contributed by atoms with Gasteiger partial charge in [0.25, 0.3) is 11.6 Å². The van der Waals surface area contributed by atoms with Gasteiger partial charge in [-0.15, -0.1) is 0 Å². The van der Waals surface area contributed by atoms with Gasteiger partial charge in [-0.2, -0.15) is 4.98 Å². The van der Waals surface area contributed by atoms with Crippen molar-refractivity contribution >= 4 is 11.7 Å². The molecule has 0 spiro atoms. The Labute approximate surface area is 157 Å². The van der Waals surface area contributed by atoms with Crippen LogP contribution in [0.1, 0.15) is 16.2 Å². The summed E-state index contributed by atoms with van der Waals surface area (Å²) < 4.78 is 20.8. The Bertz CT molecular complexity index is 1030. The molecule has 2 heterocycles. The number of hydrogen-bond donors (Lipinski definition) is 0. The minimum absolute atomic E-state index is 0.0624. The largest absolute Gasteiger partial charge is 0.486 e. The van der Waals surface area contributed by atoms with Crippen LogP contribution in [-0.4, -0.2) is 34.2 Å². The first-order chi connectivity index (χ1) is 13.6. The Morgan fingerprint density at radius 3 is 2.57 bits per heavy atom. The van der Waals surface area contributed by atoms with Gasteiger partial charge in [-0.1, -0.05) is 35.5 Å². The molecule has 10 nitrogen and oxygen atoms in total. The molecule has 28 heavy (non-hydrogen) atoms. The van der Waals surface area contributed by atoms with Crippen molar-refractivity contribution < 1.29 is 28.5 Å². The molecule has 0 amide bonds. The summed E-state index contributed by atoms with van der Waals surface area (Å²) in [5, 5.41) is 15.1. The maximum Gasteiger partial charge on any atom is 0.345 e. The second kappa shape index (κ2) is 7.35. The van der Waals surface area contributed by atoms with E-state index in [2.05, 4.69) is 10.1 Å². The lowest BCUT2D eigenvalue weighted by molar-refractivity contribution is -0.385. The van der Waals surface area contributed by atoms with Gasteiger partial charge in [0.15, 0.2) is 18.1 Å². The number of benzene rings is 2. The van der Waals surface area contributed by atoms with Crippen molar-refractivity contribution in [3.05, 3.63) is 64.0 Å². The van der Waals surface area contributed by atoms with Crippen molar-refractivity contribution in [1.29, 1.82) is 0 Å². The van der Waals surface area contributed by atoms with Gasteiger partial charge in [-0.3, -0.25) is 10.1 Å². The lowest BCUT2D eigenvalue weighted by Gasteiger charge is -2.18. The van der Waals surface area contributed by atoms with Gasteiger partial charge in [0.1, 0.15) is 18.8 Å². The van der Waals surface area contributed by atoms with E-state index < -0.39 is 16.6 Å². The first-order valence-corrected chi connectivity index (χ1v) is 8.25. The fourth-order valence-corrected chi connectivity index (χ4v) is 2.62. The number of carbonyl (C=O) groups is 1. The van der Waals surface area contributed by atoms with Crippen LogP contribution in [0.2, 0.25) is 0 Å². The zero-order valence-corrected chi connectivity index (χ0v) is 14.4. The Hall–Kier alpha value is -3.95. The van der Waals surface area contributed by atoms with Crippen molar-refractivity contribution in [3.8, 4) is 22.9 Å². The fraction of sp³-hybridized carbons (Fsp3) is 0.167. The smallest absolute Gasteiger partial charge is 0.345 e. The second-order valence-electron chi connectivity index (χ2n) is 5.72. The van der Waals surface area contributed by atoms with Crippen molar-refractivity contribution in [2.45, 2.75) is 6.61 Å². The van der Waals surface area contributed by atoms with E-state index >= 15 is 0 Å². The zero-order valence-electron chi connectivity index (χ0n) is 14.4. The molecule has 1 aliphatic rings. The van der Waals surface area contributed by atoms with Crippen LogP contribution in [0.25, 0.3) is 11.4 Å². The predicted molar refractivity (Wildman–Crippen MR) is 92.9 cm³/mol. The Kier molecular flexibility index (Phi) is 4.58. The molecule has 0 bridgehead atoms. The van der Waals surface area contributed by atoms with Crippen LogP contribution in [-0.2, 0) is 11.3 Å². The zero-order chi connectivity index (χ0) is 19.5. The molecular weight excluding hydrogens is 370 g/mol. The molecular formula is C18H13N3O7. The highest BCUT2D eigenvalue weighted by atomic mass is 16.6. The van der Waals surface area contributed by atoms with E-state index in [9.17, 15) is 14.9 Å². The molecule has 142 valence electrons. The molecule has 0 unspecified atom stereocenters. The van der Waals surface area contributed by atoms with Crippen LogP contribution >= 0.6 is 0 Å². The first kappa shape index (κ1) is 17.5. The number of ether oxygens (including phenoxy) is 3. The van der Waals surface area contributed by atoms with Crippen LogP contribution in [0.15, 0.2) is 47.0 Å². The third kappa shape index (κ3) is 3.47. The van der Waals surface area contributed by atoms with Gasteiger partial charge in [0.2, 0.25) is 5.82 Å². The summed E-state index contributed by atoms with van der Waals surface area (Å²) in [5.74, 6) is -0.0562. The molecule has 0 saturated carbocycles. The van der Waals surface area contributed by atoms with Crippen molar-refractivity contribution in [3.63, 3.8) is 0 Å². The van der Waals surface area contributed by atoms with Crippen molar-refractivity contribution in [2.24, 2.45) is 0 Å². The predicted octanol–water partition coefficient (Wildman–Crippen LogP) is 2.77. The molecule has 0 aliphatic carbocycles. The average Bonchev–Trinajstić information content (AvgIpc) is 3.20. The SMILES string of the molecule is O=C(OCc1nc(-c2ccccc2)no1)c1cc2c(cc1[N+](=O)[O-])OCCO2. The number of nitrogens with zero attached hydrogens (tertiary/aromatic N) is 3. The quantitative estimate of drug-likeness (QED) is 0.371. The van der Waals surface area contributed by atoms with E-state index in [1.807, 2.05) is 18.2 Å². The summed E-state index contributed by atoms with van der Waals surface area (Å²) in [6.07, 6.45) is 0. The van der Waals surface area contributed by atoms with Crippen LogP contribution < -0.4 is 9.47 Å². The molecule has 1 aromatic heterocycles. The first-order valence-electron chi connectivity index (χ1n) is 8.25. The highest BCUT2D eigenvalue weighted by Gasteiger charge is 2.27. The van der Waals surface area contributed by atoms with Crippen molar-refractivity contribution in [2.75, 3.05) is 13.2 Å². The Morgan fingerprint density at radius 2 is 1.86 bits per heavy atom. The lowest BCUT2D eigenvalue weighted by atomic mass is 10.1. The highest BCUT2D eigenvalue weighted by Crippen LogP contribution is 2.37. The summed E-state index contributed by atoms with van der Waals surface area (Å²) in [4.78, 5) is 27.2. The number of esters is 1. The summed E-state index contributed by atoms with van der Waals surface area (Å²) in [5.41, 5.74) is 0.0492. The van der Waals surface area contributed by atoms with Crippen LogP contribution in [0, 0.1) is 10.1 Å². The molecule has 0 N–H and O–H groups in total. The summed E-state index contributed by atoms with van der Waals surface area (Å²) >= 11 is 0. The van der Waals surface area contributed by atoms with Gasteiger partial charge in [0.05, 0.1) is 11.0 Å². The van der Waals surface area contributed by atoms with E-state index in [1.54, 1.807) is 12.1 Å². The van der Waals surface area contributed by atoms with E-state index in [0.29, 0.717) is 5.82 Å². The molecule has 0 saturated heterocycles. The van der Waals surface area contributed by atoms with Gasteiger partial charge in [-0.25, -0.2) is 4.79 Å². The minimum Gasteiger partial charge on any atom is -0.486 e. The summed E-state index contributed by atoms with van der Waals surface area (Å²) in [6.45, 7) is 0.225. The molecule has 2 aromatic carbocycles. The topological polar surface area (TPSA) is 127 Å². The fourth-order valence-electron chi connectivity index (χ4n) is 2.62. The molecule has 4 rings (SSSR count). The molecule has 0 radical (unpaired) electrons. The van der Waals surface area contributed by atoms with Crippen LogP contribution in [0.3, 0.4) is 0 Å². The van der Waals surface area contributed by atoms with Gasteiger partial charge in [-0.05, 0) is 0 Å². The maximum atomic E-state index is 12.4.